The van der Waals surface area contributed by atoms with E-state index in [1.54, 1.807) is 0 Å². The second-order valence-electron chi connectivity index (χ2n) is 3.43. The molecule has 6 heteroatoms. The standard InChI is InChI=1S/C9H10IN3O2/c10-7-8(11-5-12-9(7)15)13-3-1-2-6(14)4-13/h5H,1-4H2,(H,11,12,15). The molecule has 0 aliphatic carbocycles. The SMILES string of the molecule is O=C1CCCN(c2nc[nH]c(=O)c2I)C1. The highest BCUT2D eigenvalue weighted by Gasteiger charge is 2.20. The highest BCUT2D eigenvalue weighted by molar-refractivity contribution is 14.1. The van der Waals surface area contributed by atoms with Gasteiger partial charge in [-0.2, -0.15) is 0 Å². The van der Waals surface area contributed by atoms with Gasteiger partial charge in [0.15, 0.2) is 5.78 Å². The van der Waals surface area contributed by atoms with Crippen LogP contribution in [0, 0.1) is 3.57 Å². The van der Waals surface area contributed by atoms with Crippen LogP contribution in [0.25, 0.3) is 0 Å². The second kappa shape index (κ2) is 4.30. The number of carbonyl (C=O) groups excluding carboxylic acids is 1. The molecule has 2 heterocycles. The van der Waals surface area contributed by atoms with Crippen LogP contribution < -0.4 is 10.5 Å². The first kappa shape index (κ1) is 10.6. The van der Waals surface area contributed by atoms with Crippen LogP contribution >= 0.6 is 22.6 Å². The van der Waals surface area contributed by atoms with Gasteiger partial charge in [-0.05, 0) is 29.0 Å². The van der Waals surface area contributed by atoms with Crippen molar-refractivity contribution >= 4 is 34.2 Å². The van der Waals surface area contributed by atoms with Crippen molar-refractivity contribution in [1.29, 1.82) is 0 Å². The van der Waals surface area contributed by atoms with Crippen LogP contribution in [0.2, 0.25) is 0 Å². The number of aromatic amines is 1. The van der Waals surface area contributed by atoms with Crippen LogP contribution in [0.15, 0.2) is 11.1 Å². The van der Waals surface area contributed by atoms with Gasteiger partial charge in [0.05, 0.1) is 12.9 Å². The molecule has 1 aromatic heterocycles. The fourth-order valence-electron chi connectivity index (χ4n) is 1.61. The van der Waals surface area contributed by atoms with Crippen LogP contribution in [0.1, 0.15) is 12.8 Å². The number of H-pyrrole nitrogens is 1. The molecule has 0 atom stereocenters. The molecular weight excluding hydrogens is 309 g/mol. The van der Waals surface area contributed by atoms with Gasteiger partial charge in [-0.1, -0.05) is 0 Å². The summed E-state index contributed by atoms with van der Waals surface area (Å²) in [6, 6.07) is 0. The Kier molecular flexibility index (Phi) is 3.03. The minimum Gasteiger partial charge on any atom is -0.348 e. The third-order valence-electron chi connectivity index (χ3n) is 2.33. The Morgan fingerprint density at radius 1 is 1.47 bits per heavy atom. The van der Waals surface area contributed by atoms with Gasteiger partial charge in [-0.25, -0.2) is 4.98 Å². The second-order valence-corrected chi connectivity index (χ2v) is 4.51. The number of piperidine rings is 1. The molecule has 1 aliphatic rings. The molecule has 0 bridgehead atoms. The molecule has 2 rings (SSSR count). The molecule has 80 valence electrons. The summed E-state index contributed by atoms with van der Waals surface area (Å²) in [4.78, 5) is 31.1. The summed E-state index contributed by atoms with van der Waals surface area (Å²) in [5.74, 6) is 0.825. The van der Waals surface area contributed by atoms with Crippen molar-refractivity contribution in [1.82, 2.24) is 9.97 Å². The smallest absolute Gasteiger partial charge is 0.266 e. The van der Waals surface area contributed by atoms with Crippen LogP contribution in [-0.4, -0.2) is 28.8 Å². The van der Waals surface area contributed by atoms with E-state index in [0.717, 1.165) is 13.0 Å². The number of hydrogen-bond acceptors (Lipinski definition) is 4. The number of nitrogens with one attached hydrogen (secondary N) is 1. The number of nitrogens with zero attached hydrogens (tertiary/aromatic N) is 2. The normalized spacial score (nSPS) is 16.9. The van der Waals surface area contributed by atoms with Gasteiger partial charge in [0.2, 0.25) is 0 Å². The molecular formula is C9H10IN3O2. The summed E-state index contributed by atoms with van der Waals surface area (Å²) < 4.78 is 0.546. The zero-order chi connectivity index (χ0) is 10.8. The van der Waals surface area contributed by atoms with Crippen molar-refractivity contribution < 1.29 is 4.79 Å². The zero-order valence-corrected chi connectivity index (χ0v) is 10.2. The van der Waals surface area contributed by atoms with Crippen molar-refractivity contribution in [2.75, 3.05) is 18.0 Å². The van der Waals surface area contributed by atoms with Crippen LogP contribution in [-0.2, 0) is 4.79 Å². The molecule has 0 unspecified atom stereocenters. The minimum absolute atomic E-state index is 0.154. The lowest BCUT2D eigenvalue weighted by Gasteiger charge is -2.27. The lowest BCUT2D eigenvalue weighted by Crippen LogP contribution is -2.37. The van der Waals surface area contributed by atoms with Crippen LogP contribution in [0.3, 0.4) is 0 Å². The molecule has 1 N–H and O–H groups in total. The Bertz CT molecular complexity index is 443. The first-order valence-electron chi connectivity index (χ1n) is 4.68. The molecule has 1 aromatic rings. The van der Waals surface area contributed by atoms with Gasteiger partial charge in [0.25, 0.3) is 5.56 Å². The molecule has 15 heavy (non-hydrogen) atoms. The number of aromatic nitrogens is 2. The van der Waals surface area contributed by atoms with E-state index in [2.05, 4.69) is 9.97 Å². The van der Waals surface area contributed by atoms with Crippen molar-refractivity contribution in [3.05, 3.63) is 20.3 Å². The first-order valence-corrected chi connectivity index (χ1v) is 5.76. The van der Waals surface area contributed by atoms with Crippen LogP contribution in [0.5, 0.6) is 0 Å². The number of rotatable bonds is 1. The topological polar surface area (TPSA) is 66.1 Å². The van der Waals surface area contributed by atoms with Crippen molar-refractivity contribution in [3.63, 3.8) is 0 Å². The largest absolute Gasteiger partial charge is 0.348 e. The average Bonchev–Trinajstić information content (AvgIpc) is 2.22. The number of Topliss-reactive ketones (excluding diaryl/α,β-unsaturated/α-hetero) is 1. The molecule has 0 saturated carbocycles. The predicted octanol–water partition coefficient (Wildman–Crippen LogP) is 0.544. The number of halogens is 1. The van der Waals surface area contributed by atoms with Gasteiger partial charge in [0, 0.05) is 13.0 Å². The number of ketones is 1. The summed E-state index contributed by atoms with van der Waals surface area (Å²) >= 11 is 1.96. The minimum atomic E-state index is -0.154. The average molecular weight is 319 g/mol. The molecule has 0 spiro atoms. The molecule has 1 fully saturated rings. The monoisotopic (exact) mass is 319 g/mol. The van der Waals surface area contributed by atoms with E-state index in [4.69, 9.17) is 0 Å². The van der Waals surface area contributed by atoms with Crippen molar-refractivity contribution in [3.8, 4) is 0 Å². The molecule has 0 radical (unpaired) electrons. The maximum Gasteiger partial charge on any atom is 0.266 e. The van der Waals surface area contributed by atoms with E-state index >= 15 is 0 Å². The maximum absolute atomic E-state index is 11.3. The van der Waals surface area contributed by atoms with Crippen LogP contribution in [0.4, 0.5) is 5.82 Å². The molecule has 1 aliphatic heterocycles. The van der Waals surface area contributed by atoms with E-state index in [1.165, 1.54) is 6.33 Å². The van der Waals surface area contributed by atoms with Crippen molar-refractivity contribution in [2.24, 2.45) is 0 Å². The van der Waals surface area contributed by atoms with E-state index in [-0.39, 0.29) is 11.3 Å². The highest BCUT2D eigenvalue weighted by Crippen LogP contribution is 2.18. The van der Waals surface area contributed by atoms with Gasteiger partial charge < -0.3 is 9.88 Å². The Morgan fingerprint density at radius 2 is 2.27 bits per heavy atom. The number of hydrogen-bond donors (Lipinski definition) is 1. The van der Waals surface area contributed by atoms with E-state index in [9.17, 15) is 9.59 Å². The Hall–Kier alpha value is -0.920. The lowest BCUT2D eigenvalue weighted by atomic mass is 10.1. The summed E-state index contributed by atoms with van der Waals surface area (Å²) in [5.41, 5.74) is -0.154. The third kappa shape index (κ3) is 2.19. The summed E-state index contributed by atoms with van der Waals surface area (Å²) in [5, 5.41) is 0. The number of anilines is 1. The third-order valence-corrected chi connectivity index (χ3v) is 3.30. The van der Waals surface area contributed by atoms with Gasteiger partial charge in [-0.3, -0.25) is 9.59 Å². The van der Waals surface area contributed by atoms with E-state index in [1.807, 2.05) is 27.5 Å². The Labute approximate surface area is 100 Å². The maximum atomic E-state index is 11.3. The first-order chi connectivity index (χ1) is 7.18. The highest BCUT2D eigenvalue weighted by atomic mass is 127. The van der Waals surface area contributed by atoms with E-state index in [0.29, 0.717) is 22.4 Å². The van der Waals surface area contributed by atoms with Gasteiger partial charge >= 0.3 is 0 Å². The molecule has 0 aromatic carbocycles. The summed E-state index contributed by atoms with van der Waals surface area (Å²) in [7, 11) is 0. The molecule has 0 amide bonds. The quantitative estimate of drug-likeness (QED) is 0.768. The number of carbonyl (C=O) groups is 1. The summed E-state index contributed by atoms with van der Waals surface area (Å²) in [6.07, 6.45) is 2.85. The summed E-state index contributed by atoms with van der Waals surface area (Å²) in [6.45, 7) is 1.16. The lowest BCUT2D eigenvalue weighted by molar-refractivity contribution is -0.118. The molecule has 5 nitrogen and oxygen atoms in total. The predicted molar refractivity (Wildman–Crippen MR) is 64.0 cm³/mol. The Balaban J connectivity index is 2.32. The van der Waals surface area contributed by atoms with Crippen molar-refractivity contribution in [2.45, 2.75) is 12.8 Å². The molecule has 1 saturated heterocycles. The van der Waals surface area contributed by atoms with Gasteiger partial charge in [0.1, 0.15) is 9.39 Å². The fourth-order valence-corrected chi connectivity index (χ4v) is 2.25. The zero-order valence-electron chi connectivity index (χ0n) is 7.99. The fraction of sp³-hybridized carbons (Fsp3) is 0.444. The Morgan fingerprint density at radius 3 is 3.00 bits per heavy atom. The van der Waals surface area contributed by atoms with E-state index < -0.39 is 0 Å². The van der Waals surface area contributed by atoms with Gasteiger partial charge in [-0.15, -0.1) is 0 Å².